The Morgan fingerprint density at radius 3 is 2.81 bits per heavy atom. The van der Waals surface area contributed by atoms with Crippen molar-refractivity contribution in [3.05, 3.63) is 23.3 Å². The van der Waals surface area contributed by atoms with Crippen LogP contribution < -0.4 is 21.1 Å². The molecule has 10 heteroatoms. The zero-order chi connectivity index (χ0) is 31.0. The van der Waals surface area contributed by atoms with E-state index in [2.05, 4.69) is 34.4 Å². The van der Waals surface area contributed by atoms with E-state index in [1.54, 1.807) is 13.1 Å². The van der Waals surface area contributed by atoms with Crippen LogP contribution in [0.15, 0.2) is 17.1 Å². The minimum Gasteiger partial charge on any atom is -0.504 e. The highest BCUT2D eigenvalue weighted by atomic mass is 16.5. The van der Waals surface area contributed by atoms with E-state index in [1.165, 1.54) is 6.92 Å². The molecule has 0 spiro atoms. The Morgan fingerprint density at radius 1 is 1.28 bits per heavy atom. The first-order valence-electron chi connectivity index (χ1n) is 15.8. The third-order valence-electron chi connectivity index (χ3n) is 9.54. The van der Waals surface area contributed by atoms with Crippen molar-refractivity contribution < 1.29 is 29.6 Å². The lowest BCUT2D eigenvalue weighted by Gasteiger charge is -2.36. The minimum atomic E-state index is -0.697. The van der Waals surface area contributed by atoms with Gasteiger partial charge in [-0.3, -0.25) is 9.79 Å². The number of guanidine groups is 1. The van der Waals surface area contributed by atoms with Crippen LogP contribution in [0.5, 0.6) is 11.5 Å². The molecule has 1 fully saturated rings. The van der Waals surface area contributed by atoms with Gasteiger partial charge in [0.2, 0.25) is 0 Å². The second-order valence-electron chi connectivity index (χ2n) is 12.5. The van der Waals surface area contributed by atoms with Crippen LogP contribution in [0, 0.1) is 29.1 Å². The molecule has 238 valence electrons. The Balaban J connectivity index is 1.83. The lowest BCUT2D eigenvalue weighted by atomic mass is 9.73. The topological polar surface area (TPSA) is 159 Å². The van der Waals surface area contributed by atoms with Gasteiger partial charge in [0.05, 0.1) is 12.7 Å². The Kier molecular flexibility index (Phi) is 11.6. The largest absolute Gasteiger partial charge is 0.504 e. The molecule has 2 heterocycles. The summed E-state index contributed by atoms with van der Waals surface area (Å²) in [4.78, 5) is 16.4. The Hall–Kier alpha value is -3.00. The molecule has 43 heavy (non-hydrogen) atoms. The molecule has 10 nitrogen and oxygen atoms in total. The van der Waals surface area contributed by atoms with Gasteiger partial charge in [0.25, 0.3) is 0 Å². The molecule has 1 aromatic carbocycles. The molecule has 1 saturated heterocycles. The van der Waals surface area contributed by atoms with E-state index in [0.29, 0.717) is 43.1 Å². The van der Waals surface area contributed by atoms with E-state index in [9.17, 15) is 20.1 Å². The first kappa shape index (κ1) is 32.9. The van der Waals surface area contributed by atoms with E-state index in [-0.39, 0.29) is 42.8 Å². The molecule has 0 unspecified atom stereocenters. The summed E-state index contributed by atoms with van der Waals surface area (Å²) in [5, 5.41) is 39.2. The van der Waals surface area contributed by atoms with Gasteiger partial charge in [0.1, 0.15) is 12.2 Å². The maximum Gasteiger partial charge on any atom is 0.302 e. The predicted octanol–water partition coefficient (Wildman–Crippen LogP) is 2.75. The van der Waals surface area contributed by atoms with Crippen molar-refractivity contribution in [1.82, 2.24) is 10.6 Å². The molecule has 0 aromatic heterocycles. The number of hydrogen-bond donors (Lipinski definition) is 6. The third kappa shape index (κ3) is 8.78. The third-order valence-corrected chi connectivity index (χ3v) is 9.54. The van der Waals surface area contributed by atoms with Gasteiger partial charge in [0.15, 0.2) is 17.5 Å². The number of aromatic hydroxyl groups is 1. The summed E-state index contributed by atoms with van der Waals surface area (Å²) < 4.78 is 12.3. The number of rotatable bonds is 5. The second kappa shape index (κ2) is 15.1. The number of aliphatic hydroxyl groups excluding tert-OH is 2. The molecule has 3 aliphatic rings. The number of ether oxygens (including phenoxy) is 2. The summed E-state index contributed by atoms with van der Waals surface area (Å²) >= 11 is 0. The van der Waals surface area contributed by atoms with Crippen molar-refractivity contribution in [2.45, 2.75) is 109 Å². The number of phenolic OH excluding ortho intramolecular Hbond substituents is 1. The highest BCUT2D eigenvalue weighted by molar-refractivity contribution is 5.77. The fourth-order valence-corrected chi connectivity index (χ4v) is 6.85. The van der Waals surface area contributed by atoms with Crippen molar-refractivity contribution in [1.29, 1.82) is 0 Å². The first-order valence-corrected chi connectivity index (χ1v) is 15.8. The Bertz CT molecular complexity index is 1200. The number of nitrogens with two attached hydrogens (primary N) is 1. The van der Waals surface area contributed by atoms with Crippen LogP contribution in [-0.2, 0) is 22.6 Å². The molecule has 7 N–H and O–H groups in total. The highest BCUT2D eigenvalue weighted by Gasteiger charge is 2.37. The number of nitrogens with zero attached hydrogens (tertiary/aromatic N) is 1. The van der Waals surface area contributed by atoms with E-state index in [4.69, 9.17) is 15.2 Å². The Morgan fingerprint density at radius 2 is 2.09 bits per heavy atom. The number of nitrogens with one attached hydrogen (secondary N) is 2. The van der Waals surface area contributed by atoms with Crippen LogP contribution in [0.1, 0.15) is 82.8 Å². The number of benzene rings is 1. The van der Waals surface area contributed by atoms with E-state index >= 15 is 0 Å². The zero-order valence-electron chi connectivity index (χ0n) is 25.9. The van der Waals surface area contributed by atoms with Crippen molar-refractivity contribution >= 4 is 11.9 Å². The normalized spacial score (nSPS) is 31.8. The summed E-state index contributed by atoms with van der Waals surface area (Å²) in [7, 11) is 1.64. The number of aliphatic imine (C=N–C) groups is 1. The molecule has 1 aliphatic carbocycles. The standard InChI is InChI=1S/C33H50N4O6/c1-4-33(20-37-32(34)35-3)11-8-22-6-5-7-25-17-27(10-13-36-25)43-31-16-23(24(19-38)15-29(31)41)14-28(22)30(42-21(2)39)18-26(40)9-12-33/h15-16,22,25-28,30,36,38,40-41H,4-7,9-10,12-14,17-20H2,1-3H3,(H3,34,35,37)/t22-,25+,26+,27-,28+,30+,33-/m1/s1. The molecule has 1 aromatic rings. The first-order chi connectivity index (χ1) is 20.6. The lowest BCUT2D eigenvalue weighted by Crippen LogP contribution is -2.42. The van der Waals surface area contributed by atoms with Crippen LogP contribution in [-0.4, -0.2) is 71.7 Å². The number of aliphatic hydroxyl groups is 2. The smallest absolute Gasteiger partial charge is 0.302 e. The van der Waals surface area contributed by atoms with Gasteiger partial charge in [-0.05, 0) is 81.2 Å². The van der Waals surface area contributed by atoms with Crippen molar-refractivity contribution in [2.75, 3.05) is 20.1 Å². The van der Waals surface area contributed by atoms with Crippen molar-refractivity contribution in [3.63, 3.8) is 0 Å². The minimum absolute atomic E-state index is 0.00197. The fourth-order valence-electron chi connectivity index (χ4n) is 6.85. The fraction of sp³-hybridized carbons (Fsp3) is 0.697. The zero-order valence-corrected chi connectivity index (χ0v) is 25.9. The number of esters is 1. The quantitative estimate of drug-likeness (QED) is 0.130. The van der Waals surface area contributed by atoms with Gasteiger partial charge < -0.3 is 41.2 Å². The number of phenols is 1. The molecule has 4 rings (SSSR count). The summed E-state index contributed by atoms with van der Waals surface area (Å²) in [6, 6.07) is 3.69. The summed E-state index contributed by atoms with van der Waals surface area (Å²) in [6.45, 7) is 4.60. The Labute approximate surface area is 255 Å². The maximum atomic E-state index is 12.4. The van der Waals surface area contributed by atoms with Crippen molar-refractivity contribution in [2.24, 2.45) is 28.0 Å². The lowest BCUT2D eigenvalue weighted by molar-refractivity contribution is -0.152. The molecular weight excluding hydrogens is 548 g/mol. The monoisotopic (exact) mass is 598 g/mol. The average molecular weight is 599 g/mol. The molecule has 7 atom stereocenters. The number of hydrogen-bond acceptors (Lipinski definition) is 8. The van der Waals surface area contributed by atoms with Crippen LogP contribution in [0.25, 0.3) is 0 Å². The van der Waals surface area contributed by atoms with Gasteiger partial charge in [-0.1, -0.05) is 25.2 Å². The predicted molar refractivity (Wildman–Crippen MR) is 165 cm³/mol. The highest BCUT2D eigenvalue weighted by Crippen LogP contribution is 2.39. The molecule has 0 amide bonds. The van der Waals surface area contributed by atoms with Gasteiger partial charge >= 0.3 is 5.97 Å². The SMILES string of the molecule is CC[C@@]1(CNC(N)=NC)C#C[C@H]2CCC[C@H]3C[C@@H](CCN3)Oc3cc(c(CO)cc3O)C[C@@H]2[C@@H](OC(C)=O)C[C@@H](O)CC1. The number of carbonyl (C=O) groups excluding carboxylic acids is 1. The van der Waals surface area contributed by atoms with Gasteiger partial charge in [-0.15, -0.1) is 0 Å². The second-order valence-corrected chi connectivity index (χ2v) is 12.5. The molecular formula is C33H50N4O6. The number of fused-ring (bicyclic) bond motifs is 5. The van der Waals surface area contributed by atoms with Crippen LogP contribution in [0.2, 0.25) is 0 Å². The average Bonchev–Trinajstić information content (AvgIpc) is 2.99. The number of carbonyl (C=O) groups is 1. The van der Waals surface area contributed by atoms with Crippen molar-refractivity contribution in [3.8, 4) is 23.3 Å². The summed E-state index contributed by atoms with van der Waals surface area (Å²) in [6.07, 6.45) is 5.69. The molecule has 4 bridgehead atoms. The molecule has 0 radical (unpaired) electrons. The van der Waals surface area contributed by atoms with E-state index in [0.717, 1.165) is 50.6 Å². The van der Waals surface area contributed by atoms with Crippen LogP contribution in [0.4, 0.5) is 0 Å². The van der Waals surface area contributed by atoms with E-state index in [1.807, 2.05) is 6.07 Å². The molecule has 2 aliphatic heterocycles. The van der Waals surface area contributed by atoms with E-state index < -0.39 is 23.6 Å². The van der Waals surface area contributed by atoms with Crippen LogP contribution in [0.3, 0.4) is 0 Å². The molecule has 0 saturated carbocycles. The summed E-state index contributed by atoms with van der Waals surface area (Å²) in [5.41, 5.74) is 6.97. The van der Waals surface area contributed by atoms with Crippen LogP contribution >= 0.6 is 0 Å². The van der Waals surface area contributed by atoms with Gasteiger partial charge in [-0.2, -0.15) is 0 Å². The van der Waals surface area contributed by atoms with Gasteiger partial charge in [-0.25, -0.2) is 0 Å². The summed E-state index contributed by atoms with van der Waals surface area (Å²) in [5.74, 6) is 7.24. The number of piperidine rings is 1. The van der Waals surface area contributed by atoms with Gasteiger partial charge in [0, 0.05) is 50.2 Å². The maximum absolute atomic E-state index is 12.4.